The molecular formula is C14H22O3. The molecule has 0 aromatic heterocycles. The van der Waals surface area contributed by atoms with Gasteiger partial charge in [-0.25, -0.2) is 4.79 Å². The summed E-state index contributed by atoms with van der Waals surface area (Å²) in [6.07, 6.45) is 8.42. The zero-order chi connectivity index (χ0) is 12.7. The monoisotopic (exact) mass is 238 g/mol. The maximum atomic E-state index is 11.7. The molecule has 3 nitrogen and oxygen atoms in total. The summed E-state index contributed by atoms with van der Waals surface area (Å²) in [7, 11) is 0. The van der Waals surface area contributed by atoms with Gasteiger partial charge in [0, 0.05) is 0 Å². The van der Waals surface area contributed by atoms with Gasteiger partial charge >= 0.3 is 5.97 Å². The first-order chi connectivity index (χ1) is 8.15. The van der Waals surface area contributed by atoms with E-state index in [2.05, 4.69) is 0 Å². The van der Waals surface area contributed by atoms with E-state index in [-0.39, 0.29) is 11.4 Å². The molecule has 17 heavy (non-hydrogen) atoms. The molecule has 0 aliphatic heterocycles. The Bertz CT molecular complexity index is 299. The van der Waals surface area contributed by atoms with Crippen molar-refractivity contribution >= 4 is 11.8 Å². The van der Waals surface area contributed by atoms with E-state index in [4.69, 9.17) is 4.74 Å². The van der Waals surface area contributed by atoms with Crippen molar-refractivity contribution in [1.82, 2.24) is 0 Å². The molecule has 0 N–H and O–H groups in total. The minimum absolute atomic E-state index is 0.184. The Morgan fingerprint density at radius 2 is 1.88 bits per heavy atom. The van der Waals surface area contributed by atoms with E-state index in [1.54, 1.807) is 0 Å². The van der Waals surface area contributed by atoms with Gasteiger partial charge in [-0.05, 0) is 32.1 Å². The maximum Gasteiger partial charge on any atom is 0.341 e. The third kappa shape index (κ3) is 4.72. The molecule has 1 fully saturated rings. The predicted octanol–water partition coefficient (Wildman–Crippen LogP) is 3.04. The quantitative estimate of drug-likeness (QED) is 0.320. The van der Waals surface area contributed by atoms with Gasteiger partial charge in [-0.1, -0.05) is 32.3 Å². The van der Waals surface area contributed by atoms with E-state index >= 15 is 0 Å². The lowest BCUT2D eigenvalue weighted by atomic mass is 9.87. The highest BCUT2D eigenvalue weighted by Crippen LogP contribution is 2.26. The van der Waals surface area contributed by atoms with Crippen molar-refractivity contribution in [2.24, 2.45) is 5.92 Å². The summed E-state index contributed by atoms with van der Waals surface area (Å²) >= 11 is 0. The Hall–Kier alpha value is -1.12. The van der Waals surface area contributed by atoms with Gasteiger partial charge in [-0.3, -0.25) is 4.79 Å². The van der Waals surface area contributed by atoms with Crippen LogP contribution in [0.5, 0.6) is 0 Å². The van der Waals surface area contributed by atoms with Crippen molar-refractivity contribution in [1.29, 1.82) is 0 Å². The topological polar surface area (TPSA) is 43.4 Å². The van der Waals surface area contributed by atoms with Gasteiger partial charge in [0.15, 0.2) is 5.78 Å². The Kier molecular flexibility index (Phi) is 5.95. The Morgan fingerprint density at radius 3 is 2.41 bits per heavy atom. The minimum atomic E-state index is -0.454. The highest BCUT2D eigenvalue weighted by atomic mass is 16.5. The average Bonchev–Trinajstić information content (AvgIpc) is 2.34. The number of ketones is 1. The number of Topliss-reactive ketones (excluding diaryl/α,β-unsaturated/α-hetero) is 1. The lowest BCUT2D eigenvalue weighted by Crippen LogP contribution is -2.16. The van der Waals surface area contributed by atoms with Gasteiger partial charge in [0.2, 0.25) is 0 Å². The van der Waals surface area contributed by atoms with Crippen molar-refractivity contribution in [3.63, 3.8) is 0 Å². The van der Waals surface area contributed by atoms with Crippen LogP contribution in [0.1, 0.15) is 52.4 Å². The second-order valence-corrected chi connectivity index (χ2v) is 4.67. The zero-order valence-corrected chi connectivity index (χ0v) is 10.8. The van der Waals surface area contributed by atoms with Gasteiger partial charge in [0.05, 0.1) is 12.2 Å². The second kappa shape index (κ2) is 7.25. The number of hydrogen-bond donors (Lipinski definition) is 0. The van der Waals surface area contributed by atoms with E-state index in [1.807, 2.05) is 13.0 Å². The number of esters is 1. The number of ether oxygens (including phenoxy) is 1. The first-order valence-electron chi connectivity index (χ1n) is 6.55. The molecule has 1 aliphatic carbocycles. The number of hydrogen-bond acceptors (Lipinski definition) is 3. The highest BCUT2D eigenvalue weighted by molar-refractivity contribution is 6.16. The van der Waals surface area contributed by atoms with Crippen LogP contribution in [0, 0.1) is 5.92 Å². The van der Waals surface area contributed by atoms with Crippen LogP contribution < -0.4 is 0 Å². The molecule has 1 aliphatic rings. The molecule has 0 radical (unpaired) electrons. The van der Waals surface area contributed by atoms with E-state index in [9.17, 15) is 9.59 Å². The fourth-order valence-corrected chi connectivity index (χ4v) is 2.14. The number of allylic oxidation sites excluding steroid dienone is 1. The zero-order valence-electron chi connectivity index (χ0n) is 10.8. The van der Waals surface area contributed by atoms with E-state index in [1.165, 1.54) is 26.2 Å². The third-order valence-corrected chi connectivity index (χ3v) is 3.09. The Balaban J connectivity index is 2.66. The van der Waals surface area contributed by atoms with Crippen molar-refractivity contribution in [2.45, 2.75) is 52.4 Å². The highest BCUT2D eigenvalue weighted by Gasteiger charge is 2.19. The number of carbonyl (C=O) groups excluding carboxylic acids is 2. The molecule has 1 rings (SSSR count). The molecule has 0 aromatic rings. The molecule has 0 aromatic carbocycles. The average molecular weight is 238 g/mol. The predicted molar refractivity (Wildman–Crippen MR) is 66.6 cm³/mol. The summed E-state index contributed by atoms with van der Waals surface area (Å²) in [5, 5.41) is 0. The van der Waals surface area contributed by atoms with Crippen LogP contribution >= 0.6 is 0 Å². The van der Waals surface area contributed by atoms with E-state index in [0.29, 0.717) is 12.5 Å². The fourth-order valence-electron chi connectivity index (χ4n) is 2.14. The van der Waals surface area contributed by atoms with Gasteiger partial charge in [-0.2, -0.15) is 0 Å². The summed E-state index contributed by atoms with van der Waals surface area (Å²) in [6, 6.07) is 0. The number of rotatable bonds is 5. The molecule has 0 saturated heterocycles. The molecule has 0 amide bonds. The Morgan fingerprint density at radius 1 is 1.24 bits per heavy atom. The largest absolute Gasteiger partial charge is 0.462 e. The van der Waals surface area contributed by atoms with Crippen LogP contribution in [0.25, 0.3) is 0 Å². The maximum absolute atomic E-state index is 11.7. The minimum Gasteiger partial charge on any atom is -0.462 e. The SMILES string of the molecule is CCCOC(=O)C(=CC1CCCCC1)C(C)=O. The van der Waals surface area contributed by atoms with Gasteiger partial charge in [-0.15, -0.1) is 0 Å². The second-order valence-electron chi connectivity index (χ2n) is 4.67. The normalized spacial score (nSPS) is 17.9. The lowest BCUT2D eigenvalue weighted by molar-refractivity contribution is -0.140. The van der Waals surface area contributed by atoms with Crippen LogP contribution in [-0.2, 0) is 14.3 Å². The molecule has 0 atom stereocenters. The first kappa shape index (κ1) is 13.9. The lowest BCUT2D eigenvalue weighted by Gasteiger charge is -2.18. The van der Waals surface area contributed by atoms with Gasteiger partial charge < -0.3 is 4.74 Å². The van der Waals surface area contributed by atoms with Crippen molar-refractivity contribution in [3.05, 3.63) is 11.6 Å². The summed E-state index contributed by atoms with van der Waals surface area (Å²) in [4.78, 5) is 23.2. The summed E-state index contributed by atoms with van der Waals surface area (Å²) in [5.41, 5.74) is 0.241. The number of carbonyl (C=O) groups is 2. The van der Waals surface area contributed by atoms with Crippen LogP contribution in [0.4, 0.5) is 0 Å². The Labute approximate surface area is 103 Å². The van der Waals surface area contributed by atoms with E-state index in [0.717, 1.165) is 19.3 Å². The van der Waals surface area contributed by atoms with Crippen LogP contribution in [0.3, 0.4) is 0 Å². The molecule has 0 unspecified atom stereocenters. The smallest absolute Gasteiger partial charge is 0.341 e. The standard InChI is InChI=1S/C14H22O3/c1-3-9-17-14(16)13(11(2)15)10-12-7-5-4-6-8-12/h10,12H,3-9H2,1-2H3. The summed E-state index contributed by atoms with van der Waals surface area (Å²) in [6.45, 7) is 3.75. The first-order valence-corrected chi connectivity index (χ1v) is 6.55. The third-order valence-electron chi connectivity index (χ3n) is 3.09. The summed E-state index contributed by atoms with van der Waals surface area (Å²) < 4.78 is 5.03. The van der Waals surface area contributed by atoms with Crippen LogP contribution in [-0.4, -0.2) is 18.4 Å². The molecular weight excluding hydrogens is 216 g/mol. The van der Waals surface area contributed by atoms with Gasteiger partial charge in [0.25, 0.3) is 0 Å². The van der Waals surface area contributed by atoms with Gasteiger partial charge in [0.1, 0.15) is 0 Å². The van der Waals surface area contributed by atoms with Crippen molar-refractivity contribution < 1.29 is 14.3 Å². The molecule has 0 bridgehead atoms. The molecule has 1 saturated carbocycles. The van der Waals surface area contributed by atoms with Crippen molar-refractivity contribution in [3.8, 4) is 0 Å². The van der Waals surface area contributed by atoms with Crippen LogP contribution in [0.15, 0.2) is 11.6 Å². The van der Waals surface area contributed by atoms with E-state index < -0.39 is 5.97 Å². The molecule has 0 spiro atoms. The molecule has 0 heterocycles. The van der Waals surface area contributed by atoms with Crippen LogP contribution in [0.2, 0.25) is 0 Å². The van der Waals surface area contributed by atoms with Crippen molar-refractivity contribution in [2.75, 3.05) is 6.61 Å². The fraction of sp³-hybridized carbons (Fsp3) is 0.714. The molecule has 3 heteroatoms. The molecule has 96 valence electrons. The summed E-state index contributed by atoms with van der Waals surface area (Å²) in [5.74, 6) is -0.265.